The Bertz CT molecular complexity index is 672. The van der Waals surface area contributed by atoms with Crippen LogP contribution in [0.4, 0.5) is 5.69 Å². The molecule has 0 bridgehead atoms. The molecule has 21 heavy (non-hydrogen) atoms. The normalized spacial score (nSPS) is 17.4. The van der Waals surface area contributed by atoms with Crippen LogP contribution < -0.4 is 0 Å². The van der Waals surface area contributed by atoms with Crippen molar-refractivity contribution >= 4 is 16.6 Å². The lowest BCUT2D eigenvalue weighted by molar-refractivity contribution is -0.384. The van der Waals surface area contributed by atoms with Gasteiger partial charge in [-0.1, -0.05) is 0 Å². The molecule has 0 saturated carbocycles. The minimum absolute atomic E-state index is 0.160. The minimum Gasteiger partial charge on any atom is -0.350 e. The molecular formula is C15H20N4O2. The molecule has 0 unspecified atom stereocenters. The van der Waals surface area contributed by atoms with E-state index < -0.39 is 0 Å². The number of rotatable bonds is 3. The third-order valence-electron chi connectivity index (χ3n) is 4.26. The molecule has 1 aliphatic rings. The Kier molecular flexibility index (Phi) is 3.65. The predicted octanol–water partition coefficient (Wildman–Crippen LogP) is 1.83. The monoisotopic (exact) mass is 288 g/mol. The largest absolute Gasteiger partial charge is 0.350 e. The van der Waals surface area contributed by atoms with E-state index in [1.165, 1.54) is 5.56 Å². The highest BCUT2D eigenvalue weighted by Crippen LogP contribution is 2.26. The minimum atomic E-state index is -0.327. The van der Waals surface area contributed by atoms with Gasteiger partial charge in [0.2, 0.25) is 0 Å². The summed E-state index contributed by atoms with van der Waals surface area (Å²) in [6, 6.07) is 5.10. The number of nitro groups is 1. The van der Waals surface area contributed by atoms with Crippen LogP contribution in [0.3, 0.4) is 0 Å². The van der Waals surface area contributed by atoms with Gasteiger partial charge in [-0.15, -0.1) is 0 Å². The first kappa shape index (κ1) is 14.0. The van der Waals surface area contributed by atoms with Gasteiger partial charge in [-0.3, -0.25) is 15.0 Å². The van der Waals surface area contributed by atoms with E-state index >= 15 is 0 Å². The molecule has 1 saturated heterocycles. The van der Waals surface area contributed by atoms with Crippen molar-refractivity contribution in [3.8, 4) is 0 Å². The van der Waals surface area contributed by atoms with Crippen molar-refractivity contribution in [1.29, 1.82) is 0 Å². The number of likely N-dealkylation sites (N-methyl/N-ethyl adjacent to an activating group) is 1. The number of non-ortho nitro benzene ring substituents is 1. The summed E-state index contributed by atoms with van der Waals surface area (Å²) < 4.78 is 2.05. The number of piperazine rings is 1. The van der Waals surface area contributed by atoms with Gasteiger partial charge in [0, 0.05) is 69.0 Å². The second-order valence-electron chi connectivity index (χ2n) is 5.80. The van der Waals surface area contributed by atoms with Gasteiger partial charge < -0.3 is 9.47 Å². The van der Waals surface area contributed by atoms with Gasteiger partial charge in [-0.2, -0.15) is 0 Å². The summed E-state index contributed by atoms with van der Waals surface area (Å²) >= 11 is 0. The SMILES string of the molecule is CN1CCN(Cc2cn(C)c3ccc([N+](=O)[O-])cc23)CC1. The number of nitrogens with zero attached hydrogens (tertiary/aromatic N) is 4. The number of nitro benzene ring substituents is 1. The number of fused-ring (bicyclic) bond motifs is 1. The van der Waals surface area contributed by atoms with Crippen molar-refractivity contribution < 1.29 is 4.92 Å². The summed E-state index contributed by atoms with van der Waals surface area (Å²) in [5.74, 6) is 0. The summed E-state index contributed by atoms with van der Waals surface area (Å²) in [5, 5.41) is 12.0. The first-order chi connectivity index (χ1) is 10.0. The smallest absolute Gasteiger partial charge is 0.270 e. The molecule has 0 aliphatic carbocycles. The van der Waals surface area contributed by atoms with E-state index in [2.05, 4.69) is 23.0 Å². The molecule has 2 heterocycles. The van der Waals surface area contributed by atoms with Gasteiger partial charge in [0.25, 0.3) is 5.69 Å². The van der Waals surface area contributed by atoms with Gasteiger partial charge in [0.05, 0.1) is 4.92 Å². The average molecular weight is 288 g/mol. The summed E-state index contributed by atoms with van der Waals surface area (Å²) in [5.41, 5.74) is 2.37. The first-order valence-electron chi connectivity index (χ1n) is 7.18. The maximum absolute atomic E-state index is 11.0. The molecule has 0 atom stereocenters. The van der Waals surface area contributed by atoms with E-state index in [-0.39, 0.29) is 10.6 Å². The quantitative estimate of drug-likeness (QED) is 0.639. The lowest BCUT2D eigenvalue weighted by Gasteiger charge is -2.32. The second-order valence-corrected chi connectivity index (χ2v) is 5.80. The fourth-order valence-electron chi connectivity index (χ4n) is 2.95. The predicted molar refractivity (Wildman–Crippen MR) is 82.3 cm³/mol. The lowest BCUT2D eigenvalue weighted by atomic mass is 10.1. The highest BCUT2D eigenvalue weighted by molar-refractivity contribution is 5.86. The number of benzene rings is 1. The molecule has 6 heteroatoms. The third kappa shape index (κ3) is 2.77. The maximum Gasteiger partial charge on any atom is 0.270 e. The van der Waals surface area contributed by atoms with Crippen molar-refractivity contribution in [2.75, 3.05) is 33.2 Å². The average Bonchev–Trinajstić information content (AvgIpc) is 2.77. The Morgan fingerprint density at radius 2 is 1.90 bits per heavy atom. The topological polar surface area (TPSA) is 54.5 Å². The molecular weight excluding hydrogens is 268 g/mol. The lowest BCUT2D eigenvalue weighted by Crippen LogP contribution is -2.43. The fraction of sp³-hybridized carbons (Fsp3) is 0.467. The highest BCUT2D eigenvalue weighted by Gasteiger charge is 2.17. The summed E-state index contributed by atoms with van der Waals surface area (Å²) in [4.78, 5) is 15.4. The zero-order valence-corrected chi connectivity index (χ0v) is 12.5. The molecule has 112 valence electrons. The summed E-state index contributed by atoms with van der Waals surface area (Å²) in [6.45, 7) is 5.09. The van der Waals surface area contributed by atoms with Gasteiger partial charge in [0.15, 0.2) is 0 Å². The zero-order chi connectivity index (χ0) is 15.0. The summed E-state index contributed by atoms with van der Waals surface area (Å²) in [7, 11) is 4.13. The number of aromatic nitrogens is 1. The third-order valence-corrected chi connectivity index (χ3v) is 4.26. The van der Waals surface area contributed by atoms with Gasteiger partial charge >= 0.3 is 0 Å². The van der Waals surface area contributed by atoms with Crippen LogP contribution in [0.15, 0.2) is 24.4 Å². The molecule has 1 aliphatic heterocycles. The first-order valence-corrected chi connectivity index (χ1v) is 7.18. The van der Waals surface area contributed by atoms with Crippen LogP contribution in [-0.2, 0) is 13.6 Å². The Balaban J connectivity index is 1.90. The molecule has 1 aromatic heterocycles. The van der Waals surface area contributed by atoms with Crippen molar-refractivity contribution in [2.24, 2.45) is 7.05 Å². The van der Waals surface area contributed by atoms with E-state index in [0.29, 0.717) is 0 Å². The van der Waals surface area contributed by atoms with Crippen molar-refractivity contribution in [3.63, 3.8) is 0 Å². The molecule has 0 N–H and O–H groups in total. The molecule has 1 aromatic carbocycles. The Morgan fingerprint density at radius 1 is 1.19 bits per heavy atom. The van der Waals surface area contributed by atoms with Crippen LogP contribution in [0.5, 0.6) is 0 Å². The van der Waals surface area contributed by atoms with Gasteiger partial charge in [-0.25, -0.2) is 0 Å². The summed E-state index contributed by atoms with van der Waals surface area (Å²) in [6.07, 6.45) is 2.09. The highest BCUT2D eigenvalue weighted by atomic mass is 16.6. The number of hydrogen-bond donors (Lipinski definition) is 0. The number of aryl methyl sites for hydroxylation is 1. The molecule has 0 spiro atoms. The Labute approximate surface area is 123 Å². The van der Waals surface area contributed by atoms with Gasteiger partial charge in [0.1, 0.15) is 0 Å². The molecule has 0 radical (unpaired) electrons. The van der Waals surface area contributed by atoms with E-state index in [1.807, 2.05) is 17.7 Å². The zero-order valence-electron chi connectivity index (χ0n) is 12.5. The van der Waals surface area contributed by atoms with Gasteiger partial charge in [-0.05, 0) is 18.7 Å². The van der Waals surface area contributed by atoms with Crippen molar-refractivity contribution in [1.82, 2.24) is 14.4 Å². The van der Waals surface area contributed by atoms with E-state index in [1.54, 1.807) is 12.1 Å². The van der Waals surface area contributed by atoms with Crippen LogP contribution >= 0.6 is 0 Å². The number of hydrogen-bond acceptors (Lipinski definition) is 4. The standard InChI is InChI=1S/C15H20N4O2/c1-16-5-7-18(8-6-16)11-12-10-17(2)15-4-3-13(19(20)21)9-14(12)15/h3-4,9-10H,5-8,11H2,1-2H3. The van der Waals surface area contributed by atoms with Crippen molar-refractivity contribution in [3.05, 3.63) is 40.1 Å². The Morgan fingerprint density at radius 3 is 2.57 bits per heavy atom. The van der Waals surface area contributed by atoms with Crippen LogP contribution in [0, 0.1) is 10.1 Å². The van der Waals surface area contributed by atoms with Crippen LogP contribution in [0.2, 0.25) is 0 Å². The second kappa shape index (κ2) is 5.46. The maximum atomic E-state index is 11.0. The van der Waals surface area contributed by atoms with E-state index in [0.717, 1.165) is 43.6 Å². The molecule has 2 aromatic rings. The van der Waals surface area contributed by atoms with Crippen LogP contribution in [-0.4, -0.2) is 52.5 Å². The molecule has 0 amide bonds. The van der Waals surface area contributed by atoms with Crippen LogP contribution in [0.25, 0.3) is 10.9 Å². The van der Waals surface area contributed by atoms with Crippen molar-refractivity contribution in [2.45, 2.75) is 6.54 Å². The van der Waals surface area contributed by atoms with Crippen LogP contribution in [0.1, 0.15) is 5.56 Å². The fourth-order valence-corrected chi connectivity index (χ4v) is 2.95. The molecule has 3 rings (SSSR count). The van der Waals surface area contributed by atoms with E-state index in [9.17, 15) is 10.1 Å². The van der Waals surface area contributed by atoms with E-state index in [4.69, 9.17) is 0 Å². The molecule has 6 nitrogen and oxygen atoms in total. The Hall–Kier alpha value is -1.92. The molecule has 1 fully saturated rings.